The lowest BCUT2D eigenvalue weighted by molar-refractivity contribution is -0.138. The van der Waals surface area contributed by atoms with Gasteiger partial charge in [0.1, 0.15) is 17.7 Å². The molecule has 2 aromatic rings. The molecule has 2 aromatic carbocycles. The lowest BCUT2D eigenvalue weighted by Gasteiger charge is -2.40. The highest BCUT2D eigenvalue weighted by molar-refractivity contribution is 5.92. The molecule has 1 unspecified atom stereocenters. The summed E-state index contributed by atoms with van der Waals surface area (Å²) in [5, 5.41) is 2.78. The van der Waals surface area contributed by atoms with Crippen molar-refractivity contribution < 1.29 is 27.2 Å². The molecule has 0 aromatic heterocycles. The van der Waals surface area contributed by atoms with Gasteiger partial charge in [-0.15, -0.1) is 0 Å². The van der Waals surface area contributed by atoms with Crippen molar-refractivity contribution in [2.75, 3.05) is 49.5 Å². The summed E-state index contributed by atoms with van der Waals surface area (Å²) < 4.78 is 56.3. The van der Waals surface area contributed by atoms with Crippen molar-refractivity contribution in [2.45, 2.75) is 45.1 Å². The van der Waals surface area contributed by atoms with Crippen LogP contribution in [-0.2, 0) is 9.59 Å². The van der Waals surface area contributed by atoms with E-state index in [1.807, 2.05) is 23.6 Å². The molecule has 0 bridgehead atoms. The Morgan fingerprint density at radius 3 is 2.16 bits per heavy atom. The Hall–Kier alpha value is -3.14. The molecule has 0 aliphatic carbocycles. The van der Waals surface area contributed by atoms with Gasteiger partial charge >= 0.3 is 0 Å². The van der Waals surface area contributed by atoms with Gasteiger partial charge in [0.2, 0.25) is 11.8 Å². The monoisotopic (exact) mass is 534 g/mol. The Morgan fingerprint density at radius 2 is 1.61 bits per heavy atom. The molecule has 2 amide bonds. The lowest BCUT2D eigenvalue weighted by Crippen LogP contribution is -2.51. The molecule has 0 saturated carbocycles. The van der Waals surface area contributed by atoms with Crippen LogP contribution in [0.4, 0.5) is 28.9 Å². The molecule has 4 rings (SSSR count). The van der Waals surface area contributed by atoms with E-state index in [9.17, 15) is 22.8 Å². The number of rotatable bonds is 8. The number of amides is 2. The maximum atomic E-state index is 15.0. The Labute approximate surface area is 220 Å². The van der Waals surface area contributed by atoms with E-state index in [-0.39, 0.29) is 24.8 Å². The lowest BCUT2D eigenvalue weighted by atomic mass is 10.0. The number of halogens is 4. The van der Waals surface area contributed by atoms with Crippen LogP contribution in [0.2, 0.25) is 0 Å². The van der Waals surface area contributed by atoms with Gasteiger partial charge < -0.3 is 15.1 Å². The standard InChI is InChI=1S/C28H34F4N4O2/c1-3-19(4-2)26(37)33-22-9-10-24(23(30)17-22)34-13-15-35(16-14-34)25(20-5-7-21(29)8-6-20)27(38)36-12-11-28(31,32)18-36/h5-10,17,19,25H,3-4,11-16,18H2,1-2H3,(H,33,37). The molecule has 6 nitrogen and oxygen atoms in total. The largest absolute Gasteiger partial charge is 0.367 e. The van der Waals surface area contributed by atoms with Gasteiger partial charge in [0.25, 0.3) is 5.92 Å². The molecule has 1 atom stereocenters. The smallest absolute Gasteiger partial charge is 0.267 e. The SMILES string of the molecule is CCC(CC)C(=O)Nc1ccc(N2CCN(C(C(=O)N3CCC(F)(F)C3)c3ccc(F)cc3)CC2)c(F)c1. The first kappa shape index (κ1) is 27.9. The zero-order valence-corrected chi connectivity index (χ0v) is 21.7. The van der Waals surface area contributed by atoms with Gasteiger partial charge in [-0.1, -0.05) is 26.0 Å². The van der Waals surface area contributed by atoms with Crippen molar-refractivity contribution in [3.05, 3.63) is 59.7 Å². The first-order chi connectivity index (χ1) is 18.1. The van der Waals surface area contributed by atoms with Crippen LogP contribution >= 0.6 is 0 Å². The highest BCUT2D eigenvalue weighted by Gasteiger charge is 2.43. The van der Waals surface area contributed by atoms with Gasteiger partial charge in [-0.25, -0.2) is 17.6 Å². The van der Waals surface area contributed by atoms with Gasteiger partial charge in [-0.3, -0.25) is 14.5 Å². The molecule has 0 spiro atoms. The summed E-state index contributed by atoms with van der Waals surface area (Å²) in [5.74, 6) is -4.54. The molecule has 2 saturated heterocycles. The number of anilines is 2. The van der Waals surface area contributed by atoms with E-state index in [1.54, 1.807) is 12.1 Å². The van der Waals surface area contributed by atoms with E-state index in [2.05, 4.69) is 5.32 Å². The van der Waals surface area contributed by atoms with Crippen molar-refractivity contribution in [1.82, 2.24) is 9.80 Å². The fourth-order valence-electron chi connectivity index (χ4n) is 5.22. The number of hydrogen-bond donors (Lipinski definition) is 1. The Balaban J connectivity index is 1.46. The van der Waals surface area contributed by atoms with Crippen LogP contribution in [0, 0.1) is 17.6 Å². The third-order valence-electron chi connectivity index (χ3n) is 7.49. The normalized spacial score (nSPS) is 18.6. The molecule has 2 aliphatic rings. The summed E-state index contributed by atoms with van der Waals surface area (Å²) in [6, 6.07) is 9.29. The van der Waals surface area contributed by atoms with E-state index in [1.165, 1.54) is 35.2 Å². The third-order valence-corrected chi connectivity index (χ3v) is 7.49. The van der Waals surface area contributed by atoms with Crippen molar-refractivity contribution in [2.24, 2.45) is 5.92 Å². The molecule has 2 fully saturated rings. The number of piperazine rings is 1. The highest BCUT2D eigenvalue weighted by atomic mass is 19.3. The van der Waals surface area contributed by atoms with E-state index in [4.69, 9.17) is 0 Å². The molecule has 0 radical (unpaired) electrons. The van der Waals surface area contributed by atoms with Crippen molar-refractivity contribution in [1.29, 1.82) is 0 Å². The quantitative estimate of drug-likeness (QED) is 0.481. The zero-order valence-electron chi connectivity index (χ0n) is 21.7. The molecule has 10 heteroatoms. The summed E-state index contributed by atoms with van der Waals surface area (Å²) in [7, 11) is 0. The van der Waals surface area contributed by atoms with Gasteiger partial charge in [0.15, 0.2) is 0 Å². The fourth-order valence-corrected chi connectivity index (χ4v) is 5.22. The summed E-state index contributed by atoms with van der Waals surface area (Å²) in [5.41, 5.74) is 1.31. The number of carbonyl (C=O) groups is 2. The van der Waals surface area contributed by atoms with E-state index >= 15 is 4.39 Å². The molecule has 2 heterocycles. The van der Waals surface area contributed by atoms with Crippen molar-refractivity contribution >= 4 is 23.2 Å². The van der Waals surface area contributed by atoms with Crippen LogP contribution in [0.5, 0.6) is 0 Å². The topological polar surface area (TPSA) is 55.9 Å². The van der Waals surface area contributed by atoms with E-state index < -0.39 is 36.1 Å². The Kier molecular flexibility index (Phi) is 8.60. The van der Waals surface area contributed by atoms with Crippen molar-refractivity contribution in [3.63, 3.8) is 0 Å². The minimum absolute atomic E-state index is 0.0329. The van der Waals surface area contributed by atoms with Gasteiger partial charge in [0.05, 0.1) is 12.2 Å². The summed E-state index contributed by atoms with van der Waals surface area (Å²) in [6.07, 6.45) is 1.03. The second-order valence-corrected chi connectivity index (χ2v) is 10.0. The number of likely N-dealkylation sites (tertiary alicyclic amines) is 1. The number of alkyl halides is 2. The van der Waals surface area contributed by atoms with Crippen LogP contribution in [0.1, 0.15) is 44.7 Å². The fraction of sp³-hybridized carbons (Fsp3) is 0.500. The minimum Gasteiger partial charge on any atom is -0.367 e. The van der Waals surface area contributed by atoms with Crippen LogP contribution in [0.3, 0.4) is 0 Å². The number of benzene rings is 2. The summed E-state index contributed by atoms with van der Waals surface area (Å²) in [4.78, 5) is 30.7. The van der Waals surface area contributed by atoms with Crippen molar-refractivity contribution in [3.8, 4) is 0 Å². The molecule has 1 N–H and O–H groups in total. The number of nitrogens with zero attached hydrogens (tertiary/aromatic N) is 3. The summed E-state index contributed by atoms with van der Waals surface area (Å²) >= 11 is 0. The Bertz CT molecular complexity index is 1130. The first-order valence-corrected chi connectivity index (χ1v) is 13.1. The average Bonchev–Trinajstić information content (AvgIpc) is 3.26. The summed E-state index contributed by atoms with van der Waals surface area (Å²) in [6.45, 7) is 4.77. The van der Waals surface area contributed by atoms with Crippen LogP contribution in [-0.4, -0.2) is 66.8 Å². The van der Waals surface area contributed by atoms with Crippen LogP contribution in [0.25, 0.3) is 0 Å². The van der Waals surface area contributed by atoms with Gasteiger partial charge in [-0.05, 0) is 48.7 Å². The minimum atomic E-state index is -2.92. The maximum Gasteiger partial charge on any atom is 0.267 e. The zero-order chi connectivity index (χ0) is 27.4. The van der Waals surface area contributed by atoms with E-state index in [0.29, 0.717) is 56.0 Å². The highest BCUT2D eigenvalue weighted by Crippen LogP contribution is 2.33. The maximum absolute atomic E-state index is 15.0. The molecule has 38 heavy (non-hydrogen) atoms. The number of hydrogen-bond acceptors (Lipinski definition) is 4. The van der Waals surface area contributed by atoms with Gasteiger partial charge in [0, 0.05) is 50.7 Å². The predicted molar refractivity (Wildman–Crippen MR) is 138 cm³/mol. The number of nitrogens with one attached hydrogen (secondary N) is 1. The molecule has 2 aliphatic heterocycles. The molecular weight excluding hydrogens is 500 g/mol. The Morgan fingerprint density at radius 1 is 0.947 bits per heavy atom. The number of carbonyl (C=O) groups excluding carboxylic acids is 2. The predicted octanol–water partition coefficient (Wildman–Crippen LogP) is 5.07. The van der Waals surface area contributed by atoms with Gasteiger partial charge in [-0.2, -0.15) is 0 Å². The molecular formula is C28H34F4N4O2. The second-order valence-electron chi connectivity index (χ2n) is 10.0. The first-order valence-electron chi connectivity index (χ1n) is 13.1. The van der Waals surface area contributed by atoms with Crippen LogP contribution in [0.15, 0.2) is 42.5 Å². The third kappa shape index (κ3) is 6.28. The molecule has 206 valence electrons. The van der Waals surface area contributed by atoms with E-state index in [0.717, 1.165) is 0 Å². The van der Waals surface area contributed by atoms with Crippen LogP contribution < -0.4 is 10.2 Å². The average molecular weight is 535 g/mol. The second kappa shape index (κ2) is 11.7.